The molecule has 5 heteroatoms. The predicted octanol–water partition coefficient (Wildman–Crippen LogP) is 3.35. The third-order valence-electron chi connectivity index (χ3n) is 3.91. The molecule has 1 amide bonds. The minimum atomic E-state index is -0.468. The standard InChI is InChI=1S/C16H26N2O2.ClH/c1-4-16(5-2,12-17)15(19)18-14-9-7-13(8-10-14)11-20-6-3;/h7-10H,4-6,11-12,17H2,1-3H3,(H,18,19);1H. The Balaban J connectivity index is 0.00000400. The molecule has 4 nitrogen and oxygen atoms in total. The van der Waals surface area contributed by atoms with Gasteiger partial charge in [-0.3, -0.25) is 4.79 Å². The average molecular weight is 315 g/mol. The van der Waals surface area contributed by atoms with Crippen LogP contribution in [0.3, 0.4) is 0 Å². The quantitative estimate of drug-likeness (QED) is 0.773. The van der Waals surface area contributed by atoms with E-state index in [4.69, 9.17) is 10.5 Å². The summed E-state index contributed by atoms with van der Waals surface area (Å²) in [6, 6.07) is 7.73. The maximum Gasteiger partial charge on any atom is 0.231 e. The summed E-state index contributed by atoms with van der Waals surface area (Å²) in [4.78, 5) is 12.4. The van der Waals surface area contributed by atoms with Gasteiger partial charge in [0.05, 0.1) is 12.0 Å². The number of anilines is 1. The molecule has 0 spiro atoms. The van der Waals surface area contributed by atoms with Crippen LogP contribution in [0.25, 0.3) is 0 Å². The number of amides is 1. The topological polar surface area (TPSA) is 64.3 Å². The zero-order valence-electron chi connectivity index (χ0n) is 13.1. The Morgan fingerprint density at radius 3 is 2.19 bits per heavy atom. The first-order valence-electron chi connectivity index (χ1n) is 7.30. The van der Waals surface area contributed by atoms with Crippen molar-refractivity contribution in [2.45, 2.75) is 40.2 Å². The SMILES string of the molecule is CCOCc1ccc(NC(=O)C(CC)(CC)CN)cc1.Cl. The summed E-state index contributed by atoms with van der Waals surface area (Å²) in [5.74, 6) is 0.00237. The summed E-state index contributed by atoms with van der Waals surface area (Å²) < 4.78 is 5.34. The van der Waals surface area contributed by atoms with Crippen molar-refractivity contribution in [3.63, 3.8) is 0 Å². The maximum atomic E-state index is 12.4. The predicted molar refractivity (Wildman–Crippen MR) is 89.7 cm³/mol. The van der Waals surface area contributed by atoms with Crippen molar-refractivity contribution in [2.75, 3.05) is 18.5 Å². The van der Waals surface area contributed by atoms with E-state index in [1.54, 1.807) is 0 Å². The molecule has 1 rings (SSSR count). The first-order chi connectivity index (χ1) is 9.61. The van der Waals surface area contributed by atoms with Crippen LogP contribution in [-0.4, -0.2) is 19.1 Å². The Bertz CT molecular complexity index is 409. The van der Waals surface area contributed by atoms with Gasteiger partial charge in [-0.05, 0) is 37.5 Å². The molecule has 0 unspecified atom stereocenters. The van der Waals surface area contributed by atoms with Crippen LogP contribution >= 0.6 is 12.4 Å². The fraction of sp³-hybridized carbons (Fsp3) is 0.562. The normalized spacial score (nSPS) is 10.9. The van der Waals surface area contributed by atoms with E-state index in [1.807, 2.05) is 45.0 Å². The van der Waals surface area contributed by atoms with Gasteiger partial charge in [0.15, 0.2) is 0 Å². The van der Waals surface area contributed by atoms with E-state index in [9.17, 15) is 4.79 Å². The molecule has 1 aromatic rings. The summed E-state index contributed by atoms with van der Waals surface area (Å²) in [5, 5.41) is 2.96. The molecule has 0 aliphatic carbocycles. The lowest BCUT2D eigenvalue weighted by atomic mass is 9.81. The van der Waals surface area contributed by atoms with Gasteiger partial charge in [0.25, 0.3) is 0 Å². The fourth-order valence-corrected chi connectivity index (χ4v) is 2.12. The van der Waals surface area contributed by atoms with Crippen LogP contribution in [-0.2, 0) is 16.1 Å². The lowest BCUT2D eigenvalue weighted by Gasteiger charge is -2.28. The van der Waals surface area contributed by atoms with Crippen LogP contribution in [0.1, 0.15) is 39.2 Å². The molecule has 0 aliphatic rings. The Kier molecular flexibility index (Phi) is 9.26. The molecular formula is C16H27ClN2O2. The van der Waals surface area contributed by atoms with Crippen LogP contribution in [0.5, 0.6) is 0 Å². The Morgan fingerprint density at radius 1 is 1.19 bits per heavy atom. The van der Waals surface area contributed by atoms with Gasteiger partial charge in [0.2, 0.25) is 5.91 Å². The lowest BCUT2D eigenvalue weighted by molar-refractivity contribution is -0.125. The summed E-state index contributed by atoms with van der Waals surface area (Å²) in [7, 11) is 0. The third-order valence-corrected chi connectivity index (χ3v) is 3.91. The number of rotatable bonds is 8. The van der Waals surface area contributed by atoms with Gasteiger partial charge in [-0.2, -0.15) is 0 Å². The van der Waals surface area contributed by atoms with Crippen LogP contribution in [0, 0.1) is 5.41 Å². The van der Waals surface area contributed by atoms with Gasteiger partial charge in [-0.1, -0.05) is 26.0 Å². The number of halogens is 1. The van der Waals surface area contributed by atoms with Gasteiger partial charge < -0.3 is 15.8 Å². The van der Waals surface area contributed by atoms with Crippen molar-refractivity contribution < 1.29 is 9.53 Å². The van der Waals surface area contributed by atoms with Gasteiger partial charge in [-0.15, -0.1) is 12.4 Å². The highest BCUT2D eigenvalue weighted by Crippen LogP contribution is 2.27. The molecule has 0 radical (unpaired) electrons. The van der Waals surface area contributed by atoms with Crippen molar-refractivity contribution in [3.8, 4) is 0 Å². The molecule has 0 fully saturated rings. The molecular weight excluding hydrogens is 288 g/mol. The largest absolute Gasteiger partial charge is 0.377 e. The van der Waals surface area contributed by atoms with Crippen molar-refractivity contribution in [1.29, 1.82) is 0 Å². The molecule has 3 N–H and O–H groups in total. The molecule has 0 heterocycles. The summed E-state index contributed by atoms with van der Waals surface area (Å²) in [6.45, 7) is 7.64. The Labute approximate surface area is 133 Å². The highest BCUT2D eigenvalue weighted by atomic mass is 35.5. The van der Waals surface area contributed by atoms with Crippen molar-refractivity contribution in [3.05, 3.63) is 29.8 Å². The van der Waals surface area contributed by atoms with E-state index < -0.39 is 5.41 Å². The highest BCUT2D eigenvalue weighted by molar-refractivity contribution is 5.95. The fourth-order valence-electron chi connectivity index (χ4n) is 2.12. The van der Waals surface area contributed by atoms with Crippen LogP contribution in [0.15, 0.2) is 24.3 Å². The second-order valence-corrected chi connectivity index (χ2v) is 4.98. The second kappa shape index (κ2) is 9.77. The van der Waals surface area contributed by atoms with Gasteiger partial charge in [0, 0.05) is 18.8 Å². The number of benzene rings is 1. The third kappa shape index (κ3) is 5.30. The van der Waals surface area contributed by atoms with Crippen molar-refractivity contribution in [1.82, 2.24) is 0 Å². The van der Waals surface area contributed by atoms with E-state index >= 15 is 0 Å². The highest BCUT2D eigenvalue weighted by Gasteiger charge is 2.33. The minimum absolute atomic E-state index is 0. The smallest absolute Gasteiger partial charge is 0.231 e. The first-order valence-corrected chi connectivity index (χ1v) is 7.30. The first kappa shape index (κ1) is 19.9. The zero-order valence-corrected chi connectivity index (χ0v) is 14.0. The molecule has 1 aromatic carbocycles. The second-order valence-electron chi connectivity index (χ2n) is 4.98. The van der Waals surface area contributed by atoms with Crippen LogP contribution in [0.2, 0.25) is 0 Å². The average Bonchev–Trinajstić information content (AvgIpc) is 2.49. The molecule has 0 bridgehead atoms. The summed E-state index contributed by atoms with van der Waals surface area (Å²) in [5.41, 5.74) is 7.22. The molecule has 21 heavy (non-hydrogen) atoms. The Morgan fingerprint density at radius 2 is 1.76 bits per heavy atom. The van der Waals surface area contributed by atoms with E-state index in [1.165, 1.54) is 0 Å². The molecule has 0 aliphatic heterocycles. The number of carbonyl (C=O) groups is 1. The van der Waals surface area contributed by atoms with Crippen LogP contribution in [0.4, 0.5) is 5.69 Å². The number of ether oxygens (including phenoxy) is 1. The van der Waals surface area contributed by atoms with E-state index in [0.717, 1.165) is 24.1 Å². The number of hydrogen-bond donors (Lipinski definition) is 2. The molecule has 0 atom stereocenters. The monoisotopic (exact) mass is 314 g/mol. The number of hydrogen-bond acceptors (Lipinski definition) is 3. The molecule has 0 saturated carbocycles. The van der Waals surface area contributed by atoms with Crippen molar-refractivity contribution >= 4 is 24.0 Å². The molecule has 120 valence electrons. The minimum Gasteiger partial charge on any atom is -0.377 e. The summed E-state index contributed by atoms with van der Waals surface area (Å²) >= 11 is 0. The molecule has 0 saturated heterocycles. The van der Waals surface area contributed by atoms with Crippen molar-refractivity contribution in [2.24, 2.45) is 11.1 Å². The number of nitrogens with two attached hydrogens (primary N) is 1. The van der Waals surface area contributed by atoms with E-state index in [2.05, 4.69) is 5.32 Å². The Hall–Kier alpha value is -1.10. The van der Waals surface area contributed by atoms with Crippen LogP contribution < -0.4 is 11.1 Å². The van der Waals surface area contributed by atoms with E-state index in [-0.39, 0.29) is 18.3 Å². The van der Waals surface area contributed by atoms with E-state index in [0.29, 0.717) is 19.8 Å². The zero-order chi connectivity index (χ0) is 15.0. The van der Waals surface area contributed by atoms with Gasteiger partial charge in [-0.25, -0.2) is 0 Å². The lowest BCUT2D eigenvalue weighted by Crippen LogP contribution is -2.41. The van der Waals surface area contributed by atoms with Gasteiger partial charge >= 0.3 is 0 Å². The maximum absolute atomic E-state index is 12.4. The summed E-state index contributed by atoms with van der Waals surface area (Å²) in [6.07, 6.45) is 1.49. The molecule has 0 aromatic heterocycles. The number of carbonyl (C=O) groups excluding carboxylic acids is 1. The number of nitrogens with one attached hydrogen (secondary N) is 1. The van der Waals surface area contributed by atoms with Gasteiger partial charge in [0.1, 0.15) is 0 Å².